The number of nitrogens with one attached hydrogen (secondary N) is 2. The highest BCUT2D eigenvalue weighted by atomic mass is 79.9. The topological polar surface area (TPSA) is 62.4 Å². The van der Waals surface area contributed by atoms with Crippen LogP contribution in [0, 0.1) is 5.82 Å². The van der Waals surface area contributed by atoms with Gasteiger partial charge >= 0.3 is 0 Å². The molecule has 0 aromatic heterocycles. The Kier molecular flexibility index (Phi) is 2.77. The van der Waals surface area contributed by atoms with Crippen molar-refractivity contribution >= 4 is 33.3 Å². The van der Waals surface area contributed by atoms with Crippen LogP contribution in [0.1, 0.15) is 0 Å². The van der Waals surface area contributed by atoms with Crippen LogP contribution in [0.4, 0.5) is 15.8 Å². The minimum Gasteiger partial charge on any atom is -0.397 e. The summed E-state index contributed by atoms with van der Waals surface area (Å²) >= 11 is 3.24. The molecule has 0 spiro atoms. The minimum absolute atomic E-state index is 0.346. The van der Waals surface area contributed by atoms with E-state index in [4.69, 9.17) is 5.73 Å². The molecule has 1 aromatic rings. The van der Waals surface area contributed by atoms with E-state index in [1.54, 1.807) is 0 Å². The molecule has 0 aliphatic carbocycles. The Morgan fingerprint density at radius 3 is 2.93 bits per heavy atom. The van der Waals surface area contributed by atoms with Crippen LogP contribution in [0.5, 0.6) is 0 Å². The first kappa shape index (κ1) is 10.2. The first-order chi connectivity index (χ1) is 7.16. The van der Waals surface area contributed by atoms with Gasteiger partial charge in [-0.3, -0.25) is 4.99 Å². The SMILES string of the molecule is Nc1cc(F)cc(Br)c1NC1=NCCN1. The number of aliphatic imine (C=N–C) groups is 1. The van der Waals surface area contributed by atoms with Crippen LogP contribution < -0.4 is 16.4 Å². The number of guanidine groups is 1. The molecule has 0 bridgehead atoms. The second-order valence-corrected chi connectivity index (χ2v) is 3.99. The molecular formula is C9H10BrFN4. The molecule has 0 unspecified atom stereocenters. The maximum Gasteiger partial charge on any atom is 0.196 e. The molecule has 1 aliphatic rings. The van der Waals surface area contributed by atoms with Gasteiger partial charge in [-0.05, 0) is 28.1 Å². The van der Waals surface area contributed by atoms with Crippen LogP contribution in [-0.4, -0.2) is 19.0 Å². The van der Waals surface area contributed by atoms with Gasteiger partial charge in [0.05, 0.1) is 17.9 Å². The average molecular weight is 273 g/mol. The Labute approximate surface area is 94.9 Å². The number of rotatable bonds is 1. The minimum atomic E-state index is -0.369. The number of halogens is 2. The smallest absolute Gasteiger partial charge is 0.196 e. The lowest BCUT2D eigenvalue weighted by Crippen LogP contribution is -2.26. The largest absolute Gasteiger partial charge is 0.397 e. The molecular weight excluding hydrogens is 263 g/mol. The van der Waals surface area contributed by atoms with Crippen molar-refractivity contribution in [1.29, 1.82) is 0 Å². The monoisotopic (exact) mass is 272 g/mol. The molecule has 0 atom stereocenters. The van der Waals surface area contributed by atoms with Gasteiger partial charge < -0.3 is 16.4 Å². The van der Waals surface area contributed by atoms with Crippen molar-refractivity contribution in [2.75, 3.05) is 24.1 Å². The molecule has 80 valence electrons. The lowest BCUT2D eigenvalue weighted by molar-refractivity contribution is 0.628. The van der Waals surface area contributed by atoms with Gasteiger partial charge in [-0.25, -0.2) is 4.39 Å². The van der Waals surface area contributed by atoms with Gasteiger partial charge in [0.15, 0.2) is 5.96 Å². The highest BCUT2D eigenvalue weighted by molar-refractivity contribution is 9.10. The number of hydrogen-bond acceptors (Lipinski definition) is 4. The van der Waals surface area contributed by atoms with Crippen molar-refractivity contribution in [2.45, 2.75) is 0 Å². The predicted molar refractivity (Wildman–Crippen MR) is 62.4 cm³/mol. The van der Waals surface area contributed by atoms with Crippen molar-refractivity contribution in [3.05, 3.63) is 22.4 Å². The van der Waals surface area contributed by atoms with E-state index in [0.717, 1.165) is 13.1 Å². The zero-order valence-electron chi connectivity index (χ0n) is 7.85. The van der Waals surface area contributed by atoms with Crippen LogP contribution >= 0.6 is 15.9 Å². The van der Waals surface area contributed by atoms with Crippen molar-refractivity contribution < 1.29 is 4.39 Å². The third kappa shape index (κ3) is 2.20. The van der Waals surface area contributed by atoms with Crippen molar-refractivity contribution in [2.24, 2.45) is 4.99 Å². The van der Waals surface area contributed by atoms with Gasteiger partial charge in [-0.15, -0.1) is 0 Å². The zero-order valence-corrected chi connectivity index (χ0v) is 9.44. The first-order valence-corrected chi connectivity index (χ1v) is 5.26. The molecule has 1 aliphatic heterocycles. The van der Waals surface area contributed by atoms with E-state index in [-0.39, 0.29) is 5.82 Å². The summed E-state index contributed by atoms with van der Waals surface area (Å²) in [4.78, 5) is 4.16. The molecule has 0 radical (unpaired) electrons. The van der Waals surface area contributed by atoms with Crippen LogP contribution in [-0.2, 0) is 0 Å². The molecule has 0 saturated carbocycles. The number of nitrogens with two attached hydrogens (primary N) is 1. The van der Waals surface area contributed by atoms with E-state index in [1.165, 1.54) is 12.1 Å². The number of benzene rings is 1. The summed E-state index contributed by atoms with van der Waals surface area (Å²) in [6.07, 6.45) is 0. The molecule has 4 nitrogen and oxygen atoms in total. The van der Waals surface area contributed by atoms with E-state index < -0.39 is 0 Å². The summed E-state index contributed by atoms with van der Waals surface area (Å²) in [7, 11) is 0. The molecule has 1 heterocycles. The Hall–Kier alpha value is -1.30. The lowest BCUT2D eigenvalue weighted by Gasteiger charge is -2.11. The third-order valence-electron chi connectivity index (χ3n) is 2.00. The van der Waals surface area contributed by atoms with Crippen molar-refractivity contribution in [1.82, 2.24) is 5.32 Å². The van der Waals surface area contributed by atoms with Crippen molar-refractivity contribution in [3.63, 3.8) is 0 Å². The quantitative estimate of drug-likeness (QED) is 0.680. The summed E-state index contributed by atoms with van der Waals surface area (Å²) in [6.45, 7) is 1.54. The van der Waals surface area contributed by atoms with Gasteiger partial charge in [0, 0.05) is 11.0 Å². The molecule has 1 aromatic carbocycles. The fourth-order valence-corrected chi connectivity index (χ4v) is 1.87. The van der Waals surface area contributed by atoms with Crippen LogP contribution in [0.15, 0.2) is 21.6 Å². The average Bonchev–Trinajstić information content (AvgIpc) is 2.63. The Bertz CT molecular complexity index is 396. The van der Waals surface area contributed by atoms with E-state index in [0.29, 0.717) is 21.8 Å². The normalized spacial score (nSPS) is 14.7. The van der Waals surface area contributed by atoms with Gasteiger partial charge in [0.2, 0.25) is 0 Å². The molecule has 0 amide bonds. The van der Waals surface area contributed by atoms with Gasteiger partial charge in [0.25, 0.3) is 0 Å². The van der Waals surface area contributed by atoms with E-state index in [9.17, 15) is 4.39 Å². The van der Waals surface area contributed by atoms with E-state index in [2.05, 4.69) is 31.6 Å². The van der Waals surface area contributed by atoms with Crippen LogP contribution in [0.3, 0.4) is 0 Å². The van der Waals surface area contributed by atoms with Crippen molar-refractivity contribution in [3.8, 4) is 0 Å². The van der Waals surface area contributed by atoms with Crippen LogP contribution in [0.2, 0.25) is 0 Å². The number of hydrogen-bond donors (Lipinski definition) is 3. The Morgan fingerprint density at radius 1 is 1.53 bits per heavy atom. The van der Waals surface area contributed by atoms with E-state index >= 15 is 0 Å². The molecule has 4 N–H and O–H groups in total. The molecule has 0 saturated heterocycles. The summed E-state index contributed by atoms with van der Waals surface area (Å²) < 4.78 is 13.5. The molecule has 0 fully saturated rings. The van der Waals surface area contributed by atoms with Gasteiger partial charge in [0.1, 0.15) is 5.82 Å². The Morgan fingerprint density at radius 2 is 2.33 bits per heavy atom. The second-order valence-electron chi connectivity index (χ2n) is 3.13. The predicted octanol–water partition coefficient (Wildman–Crippen LogP) is 1.54. The number of nitrogens with zero attached hydrogens (tertiary/aromatic N) is 1. The highest BCUT2D eigenvalue weighted by Crippen LogP contribution is 2.29. The maximum absolute atomic E-state index is 12.9. The fourth-order valence-electron chi connectivity index (χ4n) is 1.33. The molecule has 6 heteroatoms. The lowest BCUT2D eigenvalue weighted by atomic mass is 10.2. The highest BCUT2D eigenvalue weighted by Gasteiger charge is 2.11. The first-order valence-electron chi connectivity index (χ1n) is 4.46. The van der Waals surface area contributed by atoms with Gasteiger partial charge in [-0.1, -0.05) is 0 Å². The number of anilines is 2. The third-order valence-corrected chi connectivity index (χ3v) is 2.63. The Balaban J connectivity index is 2.27. The second kappa shape index (κ2) is 4.06. The summed E-state index contributed by atoms with van der Waals surface area (Å²) in [6, 6.07) is 2.62. The van der Waals surface area contributed by atoms with Gasteiger partial charge in [-0.2, -0.15) is 0 Å². The van der Waals surface area contributed by atoms with Crippen LogP contribution in [0.25, 0.3) is 0 Å². The molecule has 2 rings (SSSR count). The fraction of sp³-hybridized carbons (Fsp3) is 0.222. The number of nitrogen functional groups attached to an aromatic ring is 1. The summed E-state index contributed by atoms with van der Waals surface area (Å²) in [5, 5.41) is 6.05. The van der Waals surface area contributed by atoms with E-state index in [1.807, 2.05) is 0 Å². The standard InChI is InChI=1S/C9H10BrFN4/c10-6-3-5(11)4-7(12)8(6)15-9-13-1-2-14-9/h3-4H,1-2,12H2,(H2,13,14,15). The zero-order chi connectivity index (χ0) is 10.8. The molecule has 15 heavy (non-hydrogen) atoms. The summed E-state index contributed by atoms with van der Waals surface area (Å²) in [5.41, 5.74) is 6.66. The maximum atomic E-state index is 12.9. The summed E-state index contributed by atoms with van der Waals surface area (Å²) in [5.74, 6) is 0.292.